The Hall–Kier alpha value is -1.10. The van der Waals surface area contributed by atoms with Crippen LogP contribution in [0.25, 0.3) is 0 Å². The lowest BCUT2D eigenvalue weighted by Crippen LogP contribution is -2.49. The molecule has 3 rings (SSSR count). The van der Waals surface area contributed by atoms with Gasteiger partial charge in [0.05, 0.1) is 0 Å². The van der Waals surface area contributed by atoms with Crippen molar-refractivity contribution < 1.29 is 9.59 Å². The predicted octanol–water partition coefficient (Wildman–Crippen LogP) is 0.256. The molecule has 0 aromatic carbocycles. The van der Waals surface area contributed by atoms with Gasteiger partial charge >= 0.3 is 0 Å². The molecular formula is C14H23N3O2. The largest absolute Gasteiger partial charge is 0.344 e. The Morgan fingerprint density at radius 2 is 1.95 bits per heavy atom. The highest BCUT2D eigenvalue weighted by molar-refractivity contribution is 5.90. The molecule has 3 aliphatic rings. The summed E-state index contributed by atoms with van der Waals surface area (Å²) in [6.45, 7) is 2.86. The summed E-state index contributed by atoms with van der Waals surface area (Å²) in [7, 11) is 0. The number of carbonyl (C=O) groups is 2. The fourth-order valence-corrected chi connectivity index (χ4v) is 3.66. The van der Waals surface area contributed by atoms with E-state index in [2.05, 4.69) is 10.6 Å². The Labute approximate surface area is 114 Å². The summed E-state index contributed by atoms with van der Waals surface area (Å²) in [4.78, 5) is 25.4. The molecule has 0 saturated carbocycles. The molecule has 106 valence electrons. The van der Waals surface area contributed by atoms with Gasteiger partial charge in [-0.1, -0.05) is 0 Å². The number of carbonyl (C=O) groups excluding carboxylic acids is 2. The Morgan fingerprint density at radius 1 is 1.16 bits per heavy atom. The van der Waals surface area contributed by atoms with Crippen LogP contribution in [0.2, 0.25) is 0 Å². The molecule has 0 aromatic rings. The first-order valence-electron chi connectivity index (χ1n) is 7.55. The van der Waals surface area contributed by atoms with Crippen molar-refractivity contribution in [2.75, 3.05) is 19.6 Å². The van der Waals surface area contributed by atoms with Crippen LogP contribution >= 0.6 is 0 Å². The molecule has 3 heterocycles. The van der Waals surface area contributed by atoms with Crippen molar-refractivity contribution in [1.82, 2.24) is 15.5 Å². The van der Waals surface area contributed by atoms with Crippen molar-refractivity contribution in [1.29, 1.82) is 0 Å². The summed E-state index contributed by atoms with van der Waals surface area (Å²) in [6.07, 6.45) is 5.95. The fraction of sp³-hybridized carbons (Fsp3) is 0.857. The molecule has 2 amide bonds. The quantitative estimate of drug-likeness (QED) is 0.752. The van der Waals surface area contributed by atoms with Gasteiger partial charge < -0.3 is 15.5 Å². The summed E-state index contributed by atoms with van der Waals surface area (Å²) < 4.78 is 0. The first kappa shape index (κ1) is 12.9. The summed E-state index contributed by atoms with van der Waals surface area (Å²) in [6, 6.07) is 0.414. The summed E-state index contributed by atoms with van der Waals surface area (Å²) in [5, 5.41) is 6.35. The molecule has 2 unspecified atom stereocenters. The minimum absolute atomic E-state index is 0.0170. The zero-order valence-electron chi connectivity index (χ0n) is 11.4. The van der Waals surface area contributed by atoms with E-state index in [-0.39, 0.29) is 17.9 Å². The molecule has 0 aromatic heterocycles. The van der Waals surface area contributed by atoms with E-state index in [1.165, 1.54) is 12.8 Å². The van der Waals surface area contributed by atoms with E-state index in [9.17, 15) is 9.59 Å². The van der Waals surface area contributed by atoms with Crippen molar-refractivity contribution in [2.24, 2.45) is 5.92 Å². The van der Waals surface area contributed by atoms with Gasteiger partial charge in [-0.2, -0.15) is 0 Å². The lowest BCUT2D eigenvalue weighted by Gasteiger charge is -2.36. The number of rotatable bonds is 2. The first-order valence-corrected chi connectivity index (χ1v) is 7.55. The number of amides is 2. The van der Waals surface area contributed by atoms with E-state index in [4.69, 9.17) is 0 Å². The van der Waals surface area contributed by atoms with Crippen LogP contribution in [0, 0.1) is 5.92 Å². The van der Waals surface area contributed by atoms with Crippen LogP contribution in [0.5, 0.6) is 0 Å². The lowest BCUT2D eigenvalue weighted by molar-refractivity contribution is -0.135. The van der Waals surface area contributed by atoms with Crippen LogP contribution in [0.4, 0.5) is 0 Å². The van der Waals surface area contributed by atoms with E-state index in [1.54, 1.807) is 0 Å². The monoisotopic (exact) mass is 265 g/mol. The number of hydrogen-bond donors (Lipinski definition) is 2. The van der Waals surface area contributed by atoms with Gasteiger partial charge in [-0.15, -0.1) is 0 Å². The number of likely N-dealkylation sites (tertiary alicyclic amines) is 1. The highest BCUT2D eigenvalue weighted by Crippen LogP contribution is 2.26. The zero-order valence-corrected chi connectivity index (χ0v) is 11.4. The summed E-state index contributed by atoms with van der Waals surface area (Å²) in [5.41, 5.74) is 0. The second-order valence-electron chi connectivity index (χ2n) is 6.02. The second-order valence-corrected chi connectivity index (χ2v) is 6.02. The van der Waals surface area contributed by atoms with Gasteiger partial charge in [0.1, 0.15) is 6.04 Å². The topological polar surface area (TPSA) is 61.4 Å². The molecular weight excluding hydrogens is 242 g/mol. The van der Waals surface area contributed by atoms with Crippen LogP contribution in [0.15, 0.2) is 0 Å². The Balaban J connectivity index is 1.49. The van der Waals surface area contributed by atoms with Crippen molar-refractivity contribution in [2.45, 2.75) is 50.6 Å². The van der Waals surface area contributed by atoms with Crippen molar-refractivity contribution in [3.63, 3.8) is 0 Å². The van der Waals surface area contributed by atoms with E-state index in [0.29, 0.717) is 18.9 Å². The summed E-state index contributed by atoms with van der Waals surface area (Å²) in [5.74, 6) is 0.872. The number of piperidine rings is 1. The van der Waals surface area contributed by atoms with Gasteiger partial charge in [-0.3, -0.25) is 9.59 Å². The molecule has 3 saturated heterocycles. The Bertz CT molecular complexity index is 358. The van der Waals surface area contributed by atoms with Crippen LogP contribution in [-0.4, -0.2) is 48.4 Å². The van der Waals surface area contributed by atoms with Gasteiger partial charge in [-0.05, 0) is 44.6 Å². The van der Waals surface area contributed by atoms with Crippen molar-refractivity contribution in [3.05, 3.63) is 0 Å². The van der Waals surface area contributed by atoms with Crippen LogP contribution in [0.3, 0.4) is 0 Å². The highest BCUT2D eigenvalue weighted by atomic mass is 16.2. The maximum atomic E-state index is 12.3. The maximum absolute atomic E-state index is 12.3. The highest BCUT2D eigenvalue weighted by Gasteiger charge is 2.34. The third kappa shape index (κ3) is 2.76. The molecule has 0 aliphatic carbocycles. The Kier molecular flexibility index (Phi) is 3.73. The third-order valence-electron chi connectivity index (χ3n) is 4.81. The summed E-state index contributed by atoms with van der Waals surface area (Å²) >= 11 is 0. The number of nitrogens with zero attached hydrogens (tertiary/aromatic N) is 1. The molecule has 19 heavy (non-hydrogen) atoms. The smallest absolute Gasteiger partial charge is 0.245 e. The second kappa shape index (κ2) is 5.49. The predicted molar refractivity (Wildman–Crippen MR) is 71.5 cm³/mol. The van der Waals surface area contributed by atoms with E-state index < -0.39 is 0 Å². The molecule has 0 spiro atoms. The normalized spacial score (nSPS) is 32.6. The maximum Gasteiger partial charge on any atom is 0.245 e. The SMILES string of the molecule is O=C1CCC(C(=O)N2CCC(C3CCCN3)CC2)N1. The van der Waals surface area contributed by atoms with Gasteiger partial charge in [0.25, 0.3) is 0 Å². The average Bonchev–Trinajstić information content (AvgIpc) is 3.09. The fourth-order valence-electron chi connectivity index (χ4n) is 3.66. The lowest BCUT2D eigenvalue weighted by atomic mass is 9.88. The number of hydrogen-bond acceptors (Lipinski definition) is 3. The van der Waals surface area contributed by atoms with E-state index >= 15 is 0 Å². The molecule has 5 nitrogen and oxygen atoms in total. The third-order valence-corrected chi connectivity index (χ3v) is 4.81. The van der Waals surface area contributed by atoms with Gasteiger partial charge in [0.15, 0.2) is 0 Å². The van der Waals surface area contributed by atoms with Gasteiger partial charge in [0, 0.05) is 25.6 Å². The molecule has 3 aliphatic heterocycles. The Morgan fingerprint density at radius 3 is 2.53 bits per heavy atom. The first-order chi connectivity index (χ1) is 9.24. The number of nitrogens with one attached hydrogen (secondary N) is 2. The molecule has 3 fully saturated rings. The van der Waals surface area contributed by atoms with E-state index in [1.807, 2.05) is 4.90 Å². The van der Waals surface area contributed by atoms with Crippen LogP contribution in [-0.2, 0) is 9.59 Å². The molecule has 2 N–H and O–H groups in total. The van der Waals surface area contributed by atoms with Crippen LogP contribution < -0.4 is 10.6 Å². The minimum Gasteiger partial charge on any atom is -0.344 e. The minimum atomic E-state index is -0.256. The van der Waals surface area contributed by atoms with E-state index in [0.717, 1.165) is 38.4 Å². The average molecular weight is 265 g/mol. The molecule has 0 radical (unpaired) electrons. The standard InChI is InChI=1S/C14H23N3O2/c18-13-4-3-12(16-13)14(19)17-8-5-10(6-9-17)11-2-1-7-15-11/h10-12,15H,1-9H2,(H,16,18). The van der Waals surface area contributed by atoms with Crippen LogP contribution in [0.1, 0.15) is 38.5 Å². The van der Waals surface area contributed by atoms with Crippen molar-refractivity contribution >= 4 is 11.8 Å². The molecule has 0 bridgehead atoms. The van der Waals surface area contributed by atoms with Gasteiger partial charge in [-0.25, -0.2) is 0 Å². The molecule has 5 heteroatoms. The zero-order chi connectivity index (χ0) is 13.2. The molecule has 2 atom stereocenters. The van der Waals surface area contributed by atoms with Gasteiger partial charge in [0.2, 0.25) is 11.8 Å². The van der Waals surface area contributed by atoms with Crippen molar-refractivity contribution in [3.8, 4) is 0 Å².